The van der Waals surface area contributed by atoms with Crippen molar-refractivity contribution >= 4 is 28.0 Å². The molecule has 1 heterocycles. The zero-order valence-electron chi connectivity index (χ0n) is 10.7. The molecule has 0 fully saturated rings. The lowest BCUT2D eigenvalue weighted by Gasteiger charge is -2.20. The predicted molar refractivity (Wildman–Crippen MR) is 72.0 cm³/mol. The van der Waals surface area contributed by atoms with Gasteiger partial charge >= 0.3 is 6.03 Å². The molecular weight excluding hydrogens is 284 g/mol. The number of rotatable bonds is 2. The minimum absolute atomic E-state index is 0.204. The molecule has 1 aliphatic rings. The Morgan fingerprint density at radius 2 is 2.00 bits per heavy atom. The van der Waals surface area contributed by atoms with E-state index in [2.05, 4.69) is 10.3 Å². The first-order chi connectivity index (χ1) is 9.35. The van der Waals surface area contributed by atoms with E-state index in [9.17, 15) is 17.8 Å². The number of carbonyl (C=O) groups excluding carboxylic acids is 1. The van der Waals surface area contributed by atoms with Crippen LogP contribution in [-0.4, -0.2) is 43.0 Å². The maximum Gasteiger partial charge on any atom is 0.328 e. The number of urea groups is 1. The van der Waals surface area contributed by atoms with Gasteiger partial charge < -0.3 is 9.87 Å². The van der Waals surface area contributed by atoms with E-state index in [1.165, 1.54) is 0 Å². The molecule has 9 heteroatoms. The quantitative estimate of drug-likeness (QED) is 0.761. The highest BCUT2D eigenvalue weighted by Crippen LogP contribution is 2.11. The van der Waals surface area contributed by atoms with Crippen molar-refractivity contribution < 1.29 is 17.8 Å². The third-order valence-corrected chi connectivity index (χ3v) is 3.04. The van der Waals surface area contributed by atoms with Crippen molar-refractivity contribution in [3.8, 4) is 0 Å². The summed E-state index contributed by atoms with van der Waals surface area (Å²) in [6.07, 6.45) is 0. The number of amides is 2. The van der Waals surface area contributed by atoms with Gasteiger partial charge in [-0.2, -0.15) is 0 Å². The third kappa shape index (κ3) is 3.68. The van der Waals surface area contributed by atoms with Crippen molar-refractivity contribution in [2.75, 3.05) is 18.4 Å². The van der Waals surface area contributed by atoms with Gasteiger partial charge in [0.25, 0.3) is 0 Å². The number of hydrogen-bond acceptors (Lipinski definition) is 5. The van der Waals surface area contributed by atoms with Crippen LogP contribution in [0.4, 0.5) is 10.5 Å². The van der Waals surface area contributed by atoms with Crippen LogP contribution in [0.25, 0.3) is 0 Å². The maximum atomic E-state index is 12.0. The van der Waals surface area contributed by atoms with Crippen LogP contribution in [0.1, 0.15) is 5.56 Å². The Bertz CT molecular complexity index is 639. The molecule has 0 radical (unpaired) electrons. The minimum Gasteiger partial charge on any atom is -0.731 e. The van der Waals surface area contributed by atoms with Gasteiger partial charge in [0.1, 0.15) is 0 Å². The number of carbonyl (C=O) groups is 1. The highest BCUT2D eigenvalue weighted by atomic mass is 32.2. The van der Waals surface area contributed by atoms with E-state index >= 15 is 0 Å². The lowest BCUT2D eigenvalue weighted by Crippen LogP contribution is -2.46. The lowest BCUT2D eigenvalue weighted by atomic mass is 10.2. The zero-order valence-corrected chi connectivity index (χ0v) is 11.5. The van der Waals surface area contributed by atoms with Crippen LogP contribution in [0.3, 0.4) is 0 Å². The molecule has 8 nitrogen and oxygen atoms in total. The smallest absolute Gasteiger partial charge is 0.328 e. The standard InChI is InChI=1S/C11H14N4O4S/c1-8-2-4-9(5-3-8)13-11(16)15-7-6-12-10(15)14-20(17,18)19/h2-5H,6-7H2,1H3,(H,12,14)(H,13,16)(H,17,18,19)/p-1. The molecule has 2 amide bonds. The van der Waals surface area contributed by atoms with E-state index in [4.69, 9.17) is 0 Å². The second-order valence-corrected chi connectivity index (χ2v) is 5.32. The van der Waals surface area contributed by atoms with Crippen LogP contribution < -0.4 is 10.0 Å². The number of benzene rings is 1. The summed E-state index contributed by atoms with van der Waals surface area (Å²) in [7, 11) is -4.70. The molecule has 0 aromatic heterocycles. The number of aryl methyl sites for hydroxylation is 1. The normalized spacial score (nSPS) is 14.9. The maximum absolute atomic E-state index is 12.0. The van der Waals surface area contributed by atoms with Gasteiger partial charge in [-0.1, -0.05) is 17.7 Å². The highest BCUT2D eigenvalue weighted by molar-refractivity contribution is 7.84. The first-order valence-corrected chi connectivity index (χ1v) is 7.19. The lowest BCUT2D eigenvalue weighted by molar-refractivity contribution is 0.236. The molecule has 0 atom stereocenters. The van der Waals surface area contributed by atoms with Crippen molar-refractivity contribution in [3.05, 3.63) is 29.8 Å². The van der Waals surface area contributed by atoms with Crippen molar-refractivity contribution in [2.24, 2.45) is 4.99 Å². The molecule has 1 aliphatic heterocycles. The molecule has 0 aliphatic carbocycles. The average Bonchev–Trinajstić information content (AvgIpc) is 2.78. The van der Waals surface area contributed by atoms with E-state index in [1.807, 2.05) is 19.1 Å². The topological polar surface area (TPSA) is 114 Å². The molecule has 0 saturated carbocycles. The molecule has 0 unspecified atom stereocenters. The number of nitrogens with zero attached hydrogens (tertiary/aromatic N) is 2. The van der Waals surface area contributed by atoms with Gasteiger partial charge in [-0.3, -0.25) is 14.6 Å². The van der Waals surface area contributed by atoms with Gasteiger partial charge in [0.2, 0.25) is 5.96 Å². The van der Waals surface area contributed by atoms with Crippen molar-refractivity contribution in [3.63, 3.8) is 0 Å². The van der Waals surface area contributed by atoms with Crippen LogP contribution in [0.2, 0.25) is 0 Å². The van der Waals surface area contributed by atoms with Crippen molar-refractivity contribution in [2.45, 2.75) is 6.92 Å². The number of aliphatic imine (C=N–C) groups is 1. The summed E-state index contributed by atoms with van der Waals surface area (Å²) in [5.41, 5.74) is 1.61. The third-order valence-electron chi connectivity index (χ3n) is 2.61. The molecule has 20 heavy (non-hydrogen) atoms. The van der Waals surface area contributed by atoms with Crippen LogP contribution in [0.5, 0.6) is 0 Å². The molecule has 108 valence electrons. The van der Waals surface area contributed by atoms with Crippen LogP contribution in [-0.2, 0) is 10.3 Å². The number of guanidine groups is 1. The molecule has 2 rings (SSSR count). The summed E-state index contributed by atoms with van der Waals surface area (Å²) in [4.78, 5) is 16.8. The van der Waals surface area contributed by atoms with Crippen LogP contribution >= 0.6 is 0 Å². The summed E-state index contributed by atoms with van der Waals surface area (Å²) < 4.78 is 33.6. The SMILES string of the molecule is Cc1ccc(NC(=O)N2CCN=C2NS(=O)(=O)[O-])cc1. The Morgan fingerprint density at radius 1 is 1.35 bits per heavy atom. The van der Waals surface area contributed by atoms with Crippen LogP contribution in [0.15, 0.2) is 29.3 Å². The summed E-state index contributed by atoms with van der Waals surface area (Å²) in [5, 5.41) is 2.60. The largest absolute Gasteiger partial charge is 0.731 e. The van der Waals surface area contributed by atoms with Gasteiger partial charge in [-0.15, -0.1) is 0 Å². The van der Waals surface area contributed by atoms with Crippen molar-refractivity contribution in [1.29, 1.82) is 0 Å². The number of nitrogens with one attached hydrogen (secondary N) is 2. The number of anilines is 1. The highest BCUT2D eigenvalue weighted by Gasteiger charge is 2.24. The first-order valence-electron chi connectivity index (χ1n) is 5.78. The van der Waals surface area contributed by atoms with Gasteiger partial charge in [0.15, 0.2) is 10.3 Å². The number of hydrogen-bond donors (Lipinski definition) is 2. The molecule has 0 spiro atoms. The second kappa shape index (κ2) is 5.47. The molecule has 1 aromatic rings. The Balaban J connectivity index is 2.05. The average molecular weight is 297 g/mol. The Hall–Kier alpha value is -2.13. The summed E-state index contributed by atoms with van der Waals surface area (Å²) in [5.74, 6) is -0.260. The van der Waals surface area contributed by atoms with Gasteiger partial charge in [-0.05, 0) is 19.1 Å². The van der Waals surface area contributed by atoms with E-state index < -0.39 is 16.3 Å². The van der Waals surface area contributed by atoms with Crippen LogP contribution in [0, 0.1) is 6.92 Å². The van der Waals surface area contributed by atoms with E-state index in [1.54, 1.807) is 16.9 Å². The second-order valence-electron chi connectivity index (χ2n) is 4.21. The molecule has 0 bridgehead atoms. The molecule has 0 saturated heterocycles. The Labute approximate surface area is 116 Å². The molecular formula is C11H13N4O4S-. The fourth-order valence-electron chi connectivity index (χ4n) is 1.67. The van der Waals surface area contributed by atoms with E-state index in [0.29, 0.717) is 5.69 Å². The Morgan fingerprint density at radius 3 is 2.60 bits per heavy atom. The van der Waals surface area contributed by atoms with E-state index in [0.717, 1.165) is 10.5 Å². The summed E-state index contributed by atoms with van der Waals surface area (Å²) in [6, 6.07) is 6.54. The Kier molecular flexibility index (Phi) is 3.91. The molecule has 2 N–H and O–H groups in total. The monoisotopic (exact) mass is 297 g/mol. The van der Waals surface area contributed by atoms with Gasteiger partial charge in [0, 0.05) is 5.69 Å². The van der Waals surface area contributed by atoms with Gasteiger partial charge in [-0.25, -0.2) is 13.2 Å². The zero-order chi connectivity index (χ0) is 14.8. The predicted octanol–water partition coefficient (Wildman–Crippen LogP) is 0.248. The van der Waals surface area contributed by atoms with Gasteiger partial charge in [0.05, 0.1) is 13.1 Å². The van der Waals surface area contributed by atoms with Crippen molar-refractivity contribution in [1.82, 2.24) is 9.62 Å². The summed E-state index contributed by atoms with van der Waals surface area (Å²) in [6.45, 7) is 2.36. The first kappa shape index (κ1) is 14.3. The van der Waals surface area contributed by atoms with E-state index in [-0.39, 0.29) is 19.0 Å². The minimum atomic E-state index is -4.70. The fraction of sp³-hybridized carbons (Fsp3) is 0.273. The fourth-order valence-corrected chi connectivity index (χ4v) is 2.07. The summed E-state index contributed by atoms with van der Waals surface area (Å²) >= 11 is 0. The molecule has 1 aromatic carbocycles.